The van der Waals surface area contributed by atoms with E-state index in [1.165, 1.54) is 0 Å². The minimum atomic E-state index is 0.805. The number of pyridine rings is 1. The summed E-state index contributed by atoms with van der Waals surface area (Å²) in [6.07, 6.45) is 3.56. The first kappa shape index (κ1) is 9.22. The van der Waals surface area contributed by atoms with Gasteiger partial charge < -0.3 is 0 Å². The highest BCUT2D eigenvalue weighted by Gasteiger charge is 1.99. The molecule has 2 rings (SSSR count). The Labute approximate surface area is 88.4 Å². The fourth-order valence-corrected chi connectivity index (χ4v) is 1.50. The Bertz CT molecular complexity index is 437. The summed E-state index contributed by atoms with van der Waals surface area (Å²) in [5.41, 5.74) is 3.37. The maximum atomic E-state index is 6.05. The number of aryl methyl sites for hydroxylation is 1. The molecule has 2 heteroatoms. The van der Waals surface area contributed by atoms with Crippen LogP contribution in [0.15, 0.2) is 42.7 Å². The van der Waals surface area contributed by atoms with Crippen molar-refractivity contribution in [3.63, 3.8) is 0 Å². The summed E-state index contributed by atoms with van der Waals surface area (Å²) in [5, 5.41) is 0.805. The first-order chi connectivity index (χ1) is 6.77. The fourth-order valence-electron chi connectivity index (χ4n) is 1.32. The average molecular weight is 204 g/mol. The van der Waals surface area contributed by atoms with Crippen LogP contribution in [0.3, 0.4) is 0 Å². The van der Waals surface area contributed by atoms with Crippen molar-refractivity contribution in [3.05, 3.63) is 53.3 Å². The number of hydrogen-bond donors (Lipinski definition) is 0. The molecule has 0 aliphatic heterocycles. The van der Waals surface area contributed by atoms with Crippen LogP contribution in [-0.2, 0) is 0 Å². The van der Waals surface area contributed by atoms with Crippen LogP contribution >= 0.6 is 11.6 Å². The normalized spacial score (nSPS) is 10.1. The van der Waals surface area contributed by atoms with Crippen LogP contribution in [0.25, 0.3) is 11.1 Å². The van der Waals surface area contributed by atoms with E-state index in [1.807, 2.05) is 31.2 Å². The van der Waals surface area contributed by atoms with E-state index in [9.17, 15) is 0 Å². The third-order valence-corrected chi connectivity index (χ3v) is 2.59. The van der Waals surface area contributed by atoms with Gasteiger partial charge >= 0.3 is 0 Å². The highest BCUT2D eigenvalue weighted by atomic mass is 35.5. The molecule has 0 spiro atoms. The highest BCUT2D eigenvalue weighted by molar-refractivity contribution is 6.31. The largest absolute Gasteiger partial charge is 0.265 e. The summed E-state index contributed by atoms with van der Waals surface area (Å²) in [5.74, 6) is 0. The van der Waals surface area contributed by atoms with Crippen LogP contribution < -0.4 is 0 Å². The lowest BCUT2D eigenvalue weighted by Crippen LogP contribution is -1.80. The van der Waals surface area contributed by atoms with Gasteiger partial charge in [-0.1, -0.05) is 23.7 Å². The van der Waals surface area contributed by atoms with Crippen LogP contribution in [-0.4, -0.2) is 4.98 Å². The molecule has 0 N–H and O–H groups in total. The zero-order valence-corrected chi connectivity index (χ0v) is 8.62. The molecular weight excluding hydrogens is 194 g/mol. The smallest absolute Gasteiger partial charge is 0.0441 e. The molecule has 14 heavy (non-hydrogen) atoms. The summed E-state index contributed by atoms with van der Waals surface area (Å²) in [6, 6.07) is 10.0. The number of aromatic nitrogens is 1. The quantitative estimate of drug-likeness (QED) is 0.689. The Morgan fingerprint density at radius 1 is 1.00 bits per heavy atom. The monoisotopic (exact) mass is 203 g/mol. The Balaban J connectivity index is 2.48. The molecule has 0 saturated heterocycles. The van der Waals surface area contributed by atoms with Crippen molar-refractivity contribution in [3.8, 4) is 11.1 Å². The van der Waals surface area contributed by atoms with Gasteiger partial charge in [0.1, 0.15) is 0 Å². The molecule has 0 aliphatic carbocycles. The van der Waals surface area contributed by atoms with E-state index >= 15 is 0 Å². The molecule has 0 fully saturated rings. The molecule has 1 nitrogen and oxygen atoms in total. The zero-order valence-electron chi connectivity index (χ0n) is 7.87. The molecule has 0 unspecified atom stereocenters. The van der Waals surface area contributed by atoms with Gasteiger partial charge in [0.05, 0.1) is 0 Å². The number of rotatable bonds is 1. The summed E-state index contributed by atoms with van der Waals surface area (Å²) < 4.78 is 0. The maximum absolute atomic E-state index is 6.05. The second-order valence-corrected chi connectivity index (χ2v) is 3.61. The molecule has 1 heterocycles. The third-order valence-electron chi connectivity index (χ3n) is 2.19. The van der Waals surface area contributed by atoms with Crippen LogP contribution in [0.4, 0.5) is 0 Å². The second kappa shape index (κ2) is 3.81. The van der Waals surface area contributed by atoms with Crippen molar-refractivity contribution in [2.45, 2.75) is 6.92 Å². The average Bonchev–Trinajstić information content (AvgIpc) is 2.23. The summed E-state index contributed by atoms with van der Waals surface area (Å²) in [4.78, 5) is 3.98. The van der Waals surface area contributed by atoms with Gasteiger partial charge in [-0.05, 0) is 41.8 Å². The van der Waals surface area contributed by atoms with E-state index in [4.69, 9.17) is 11.6 Å². The van der Waals surface area contributed by atoms with Crippen molar-refractivity contribution in [1.82, 2.24) is 4.98 Å². The zero-order chi connectivity index (χ0) is 9.97. The molecular formula is C12H10ClN. The number of hydrogen-bond acceptors (Lipinski definition) is 1. The lowest BCUT2D eigenvalue weighted by molar-refractivity contribution is 1.33. The van der Waals surface area contributed by atoms with Crippen molar-refractivity contribution < 1.29 is 0 Å². The molecule has 1 aromatic carbocycles. The van der Waals surface area contributed by atoms with Gasteiger partial charge in [-0.3, -0.25) is 4.98 Å². The topological polar surface area (TPSA) is 12.9 Å². The molecule has 0 radical (unpaired) electrons. The van der Waals surface area contributed by atoms with Crippen molar-refractivity contribution in [2.75, 3.05) is 0 Å². The van der Waals surface area contributed by atoms with Gasteiger partial charge in [0.2, 0.25) is 0 Å². The SMILES string of the molecule is Cc1ccc(-c2ccncc2)cc1Cl. The minimum Gasteiger partial charge on any atom is -0.265 e. The van der Waals surface area contributed by atoms with Gasteiger partial charge in [0.25, 0.3) is 0 Å². The third kappa shape index (κ3) is 1.78. The van der Waals surface area contributed by atoms with Gasteiger partial charge in [-0.25, -0.2) is 0 Å². The van der Waals surface area contributed by atoms with Crippen molar-refractivity contribution in [2.24, 2.45) is 0 Å². The first-order valence-corrected chi connectivity index (χ1v) is 4.82. The summed E-state index contributed by atoms with van der Waals surface area (Å²) in [6.45, 7) is 2.00. The standard InChI is InChI=1S/C12H10ClN/c1-9-2-3-11(8-12(9)13)10-4-6-14-7-5-10/h2-8H,1H3. The predicted octanol–water partition coefficient (Wildman–Crippen LogP) is 3.71. The number of nitrogens with zero attached hydrogens (tertiary/aromatic N) is 1. The van der Waals surface area contributed by atoms with E-state index in [2.05, 4.69) is 11.1 Å². The van der Waals surface area contributed by atoms with E-state index in [1.54, 1.807) is 12.4 Å². The predicted molar refractivity (Wildman–Crippen MR) is 59.4 cm³/mol. The Morgan fingerprint density at radius 2 is 1.71 bits per heavy atom. The molecule has 2 aromatic rings. The van der Waals surface area contributed by atoms with Crippen LogP contribution in [0.2, 0.25) is 5.02 Å². The molecule has 0 saturated carbocycles. The fraction of sp³-hybridized carbons (Fsp3) is 0.0833. The molecule has 0 amide bonds. The van der Waals surface area contributed by atoms with E-state index in [-0.39, 0.29) is 0 Å². The van der Waals surface area contributed by atoms with E-state index < -0.39 is 0 Å². The van der Waals surface area contributed by atoms with E-state index in [0.717, 1.165) is 21.7 Å². The van der Waals surface area contributed by atoms with Crippen molar-refractivity contribution >= 4 is 11.6 Å². The van der Waals surface area contributed by atoms with Crippen LogP contribution in [0.5, 0.6) is 0 Å². The maximum Gasteiger partial charge on any atom is 0.0441 e. The van der Waals surface area contributed by atoms with Crippen molar-refractivity contribution in [1.29, 1.82) is 0 Å². The lowest BCUT2D eigenvalue weighted by Gasteiger charge is -2.03. The molecule has 0 bridgehead atoms. The van der Waals surface area contributed by atoms with Crippen LogP contribution in [0, 0.1) is 6.92 Å². The second-order valence-electron chi connectivity index (χ2n) is 3.20. The summed E-state index contributed by atoms with van der Waals surface area (Å²) in [7, 11) is 0. The minimum absolute atomic E-state index is 0.805. The van der Waals surface area contributed by atoms with Gasteiger partial charge in [0, 0.05) is 17.4 Å². The molecule has 1 aromatic heterocycles. The van der Waals surface area contributed by atoms with Gasteiger partial charge in [-0.15, -0.1) is 0 Å². The van der Waals surface area contributed by atoms with Gasteiger partial charge in [-0.2, -0.15) is 0 Å². The molecule has 0 aliphatic rings. The number of halogens is 1. The van der Waals surface area contributed by atoms with Crippen LogP contribution in [0.1, 0.15) is 5.56 Å². The molecule has 70 valence electrons. The highest BCUT2D eigenvalue weighted by Crippen LogP contribution is 2.24. The Morgan fingerprint density at radius 3 is 2.36 bits per heavy atom. The Hall–Kier alpha value is -1.34. The number of benzene rings is 1. The first-order valence-electron chi connectivity index (χ1n) is 4.44. The van der Waals surface area contributed by atoms with E-state index in [0.29, 0.717) is 0 Å². The lowest BCUT2D eigenvalue weighted by atomic mass is 10.1. The Kier molecular flexibility index (Phi) is 2.51. The summed E-state index contributed by atoms with van der Waals surface area (Å²) >= 11 is 6.05. The van der Waals surface area contributed by atoms with Gasteiger partial charge in [0.15, 0.2) is 0 Å². The molecule has 0 atom stereocenters.